The molecule has 0 aromatic heterocycles. The third kappa shape index (κ3) is 73.2. The van der Waals surface area contributed by atoms with Crippen molar-refractivity contribution in [1.82, 2.24) is 0 Å². The first-order chi connectivity index (χ1) is 6.81. The standard InChI is InChI=1S/3C3H7NO.Ta/c3*1-2-3(4)5;/h3*2H2,1H3,(H2,4,5);. The van der Waals surface area contributed by atoms with Crippen molar-refractivity contribution in [3.8, 4) is 0 Å². The van der Waals surface area contributed by atoms with Gasteiger partial charge in [-0.1, -0.05) is 20.8 Å². The van der Waals surface area contributed by atoms with E-state index in [1.165, 1.54) is 0 Å². The number of rotatable bonds is 3. The first-order valence-electron chi connectivity index (χ1n) is 4.66. The minimum Gasteiger partial charge on any atom is -0.370 e. The Hall–Kier alpha value is -0.850. The fourth-order valence-corrected chi connectivity index (χ4v) is 0. The maximum absolute atomic E-state index is 9.59. The molecule has 0 saturated heterocycles. The van der Waals surface area contributed by atoms with E-state index in [1.807, 2.05) is 0 Å². The van der Waals surface area contributed by atoms with Gasteiger partial charge in [-0.2, -0.15) is 0 Å². The number of nitrogens with two attached hydrogens (primary N) is 3. The Bertz CT molecular complexity index is 165. The summed E-state index contributed by atoms with van der Waals surface area (Å²) in [6.45, 7) is 5.17. The molecule has 0 rings (SSSR count). The maximum atomic E-state index is 9.59. The molecule has 6 N–H and O–H groups in total. The summed E-state index contributed by atoms with van der Waals surface area (Å²) >= 11 is 0. The molecule has 0 unspecified atom stereocenters. The maximum Gasteiger partial charge on any atom is 0.217 e. The number of amides is 3. The normalized spacial score (nSPS) is 6.94. The van der Waals surface area contributed by atoms with Gasteiger partial charge in [-0.15, -0.1) is 0 Å². The average molecular weight is 400 g/mol. The first-order valence-corrected chi connectivity index (χ1v) is 4.66. The summed E-state index contributed by atoms with van der Waals surface area (Å²) in [5.74, 6) is -0.736. The molecule has 1 radical (unpaired) electrons. The molecule has 0 saturated carbocycles. The van der Waals surface area contributed by atoms with Crippen molar-refractivity contribution in [2.75, 3.05) is 0 Å². The van der Waals surface area contributed by atoms with Crippen LogP contribution >= 0.6 is 0 Å². The van der Waals surface area contributed by atoms with Gasteiger partial charge in [-0.05, 0) is 0 Å². The van der Waals surface area contributed by atoms with E-state index >= 15 is 0 Å². The van der Waals surface area contributed by atoms with Gasteiger partial charge >= 0.3 is 0 Å². The molecule has 0 aliphatic carbocycles. The fourth-order valence-electron chi connectivity index (χ4n) is 0. The summed E-state index contributed by atoms with van der Waals surface area (Å²) in [7, 11) is 0. The second-order valence-electron chi connectivity index (χ2n) is 2.46. The van der Waals surface area contributed by atoms with E-state index in [-0.39, 0.29) is 40.1 Å². The molecule has 95 valence electrons. The monoisotopic (exact) mass is 400 g/mol. The Morgan fingerprint density at radius 3 is 0.750 bits per heavy atom. The smallest absolute Gasteiger partial charge is 0.217 e. The molecule has 7 heteroatoms. The van der Waals surface area contributed by atoms with E-state index in [1.54, 1.807) is 20.8 Å². The Balaban J connectivity index is -0.0000000655. The van der Waals surface area contributed by atoms with E-state index < -0.39 is 0 Å². The third-order valence-electron chi connectivity index (χ3n) is 1.05. The molecule has 0 heterocycles. The SMILES string of the molecule is CCC(N)=O.CCC(N)=O.CCC(N)=O.[Ta]. The van der Waals surface area contributed by atoms with Crippen molar-refractivity contribution >= 4 is 17.7 Å². The molecule has 0 aliphatic heterocycles. The average Bonchev–Trinajstić information content (AvgIpc) is 2.19. The van der Waals surface area contributed by atoms with Crippen LogP contribution in [0, 0.1) is 0 Å². The van der Waals surface area contributed by atoms with E-state index in [2.05, 4.69) is 17.2 Å². The summed E-state index contributed by atoms with van der Waals surface area (Å²) in [5.41, 5.74) is 14.0. The van der Waals surface area contributed by atoms with Gasteiger partial charge < -0.3 is 17.2 Å². The van der Waals surface area contributed by atoms with E-state index in [9.17, 15) is 14.4 Å². The zero-order valence-corrected chi connectivity index (χ0v) is 13.2. The van der Waals surface area contributed by atoms with E-state index in [0.29, 0.717) is 19.3 Å². The van der Waals surface area contributed by atoms with Crippen LogP contribution in [0.4, 0.5) is 0 Å². The van der Waals surface area contributed by atoms with Crippen LogP contribution in [0.25, 0.3) is 0 Å². The molecule has 0 bridgehead atoms. The summed E-state index contributed by atoms with van der Waals surface area (Å²) in [6.07, 6.45) is 1.33. The number of hydrogen-bond acceptors (Lipinski definition) is 3. The van der Waals surface area contributed by atoms with Crippen LogP contribution in [-0.2, 0) is 36.8 Å². The van der Waals surface area contributed by atoms with Crippen LogP contribution in [0.3, 0.4) is 0 Å². The van der Waals surface area contributed by atoms with Gasteiger partial charge in [0.05, 0.1) is 0 Å². The Labute approximate surface area is 112 Å². The van der Waals surface area contributed by atoms with Crippen molar-refractivity contribution < 1.29 is 36.8 Å². The van der Waals surface area contributed by atoms with Crippen LogP contribution in [-0.4, -0.2) is 17.7 Å². The minimum atomic E-state index is -0.245. The van der Waals surface area contributed by atoms with Crippen LogP contribution in [0.15, 0.2) is 0 Å². The molecule has 16 heavy (non-hydrogen) atoms. The third-order valence-corrected chi connectivity index (χ3v) is 1.05. The minimum absolute atomic E-state index is 0. The zero-order chi connectivity index (χ0) is 12.9. The van der Waals surface area contributed by atoms with Crippen molar-refractivity contribution in [2.45, 2.75) is 40.0 Å². The van der Waals surface area contributed by atoms with Gasteiger partial charge in [0.25, 0.3) is 0 Å². The molecule has 0 spiro atoms. The van der Waals surface area contributed by atoms with Gasteiger partial charge in [0.2, 0.25) is 17.7 Å². The predicted molar refractivity (Wildman–Crippen MR) is 58.5 cm³/mol. The van der Waals surface area contributed by atoms with Gasteiger partial charge in [0.15, 0.2) is 0 Å². The molecule has 6 nitrogen and oxygen atoms in total. The zero-order valence-electron chi connectivity index (χ0n) is 10.0. The summed E-state index contributed by atoms with van der Waals surface area (Å²) < 4.78 is 0. The van der Waals surface area contributed by atoms with Crippen molar-refractivity contribution in [3.63, 3.8) is 0 Å². The van der Waals surface area contributed by atoms with Crippen molar-refractivity contribution in [3.05, 3.63) is 0 Å². The van der Waals surface area contributed by atoms with Gasteiger partial charge in [-0.25, -0.2) is 0 Å². The number of primary amides is 3. The number of hydrogen-bond donors (Lipinski definition) is 3. The van der Waals surface area contributed by atoms with Crippen LogP contribution in [0.2, 0.25) is 0 Å². The fraction of sp³-hybridized carbons (Fsp3) is 0.667. The molecule has 3 amide bonds. The quantitative estimate of drug-likeness (QED) is 0.598. The molecular weight excluding hydrogens is 379 g/mol. The molecule has 0 atom stereocenters. The Morgan fingerprint density at radius 1 is 0.688 bits per heavy atom. The van der Waals surface area contributed by atoms with Crippen molar-refractivity contribution in [2.24, 2.45) is 17.2 Å². The number of carbonyl (C=O) groups is 3. The second-order valence-corrected chi connectivity index (χ2v) is 2.46. The van der Waals surface area contributed by atoms with E-state index in [0.717, 1.165) is 0 Å². The van der Waals surface area contributed by atoms with Gasteiger partial charge in [-0.3, -0.25) is 14.4 Å². The summed E-state index contributed by atoms with van der Waals surface area (Å²) in [6, 6.07) is 0. The predicted octanol–water partition coefficient (Wildman–Crippen LogP) is -0.357. The summed E-state index contributed by atoms with van der Waals surface area (Å²) in [4.78, 5) is 28.8. The Kier molecular flexibility index (Phi) is 30.0. The topological polar surface area (TPSA) is 129 Å². The van der Waals surface area contributed by atoms with Gasteiger partial charge in [0, 0.05) is 41.6 Å². The Morgan fingerprint density at radius 2 is 0.750 bits per heavy atom. The summed E-state index contributed by atoms with van der Waals surface area (Å²) in [5, 5.41) is 0. The second kappa shape index (κ2) is 19.7. The largest absolute Gasteiger partial charge is 0.370 e. The molecule has 0 aliphatic rings. The molecular formula is C9H21N3O3Ta. The van der Waals surface area contributed by atoms with Crippen molar-refractivity contribution in [1.29, 1.82) is 0 Å². The molecule has 0 aromatic carbocycles. The molecule has 0 fully saturated rings. The number of carbonyl (C=O) groups excluding carboxylic acids is 3. The van der Waals surface area contributed by atoms with Crippen LogP contribution in [0.5, 0.6) is 0 Å². The van der Waals surface area contributed by atoms with Crippen LogP contribution < -0.4 is 17.2 Å². The first kappa shape index (κ1) is 24.4. The van der Waals surface area contributed by atoms with Crippen LogP contribution in [0.1, 0.15) is 40.0 Å². The molecule has 0 aromatic rings. The van der Waals surface area contributed by atoms with Gasteiger partial charge in [0.1, 0.15) is 0 Å². The van der Waals surface area contributed by atoms with E-state index in [4.69, 9.17) is 0 Å².